The van der Waals surface area contributed by atoms with Crippen LogP contribution in [0.4, 0.5) is 0 Å². The van der Waals surface area contributed by atoms with E-state index < -0.39 is 0 Å². The second-order valence-electron chi connectivity index (χ2n) is 5.53. The van der Waals surface area contributed by atoms with Crippen molar-refractivity contribution in [1.82, 2.24) is 9.63 Å². The molecule has 19 heavy (non-hydrogen) atoms. The highest BCUT2D eigenvalue weighted by Crippen LogP contribution is 2.45. The minimum Gasteiger partial charge on any atom is -0.349 e. The Bertz CT molecular complexity index is 577. The lowest BCUT2D eigenvalue weighted by atomic mass is 10.00. The van der Waals surface area contributed by atoms with Gasteiger partial charge in [0.1, 0.15) is 0 Å². The second kappa shape index (κ2) is 4.22. The molecule has 2 aliphatic heterocycles. The fraction of sp³-hybridized carbons (Fsp3) is 0.375. The molecule has 1 aromatic carbocycles. The van der Waals surface area contributed by atoms with E-state index in [0.717, 1.165) is 13.2 Å². The van der Waals surface area contributed by atoms with Crippen molar-refractivity contribution in [2.24, 2.45) is 5.92 Å². The van der Waals surface area contributed by atoms with Gasteiger partial charge in [-0.15, -0.1) is 0 Å². The molecule has 3 nitrogen and oxygen atoms in total. The number of hydroxylamine groups is 2. The van der Waals surface area contributed by atoms with E-state index in [1.54, 1.807) is 0 Å². The summed E-state index contributed by atoms with van der Waals surface area (Å²) in [4.78, 5) is 5.98. The molecule has 3 atom stereocenters. The van der Waals surface area contributed by atoms with E-state index in [1.807, 2.05) is 0 Å². The fourth-order valence-electron chi connectivity index (χ4n) is 3.43. The molecule has 0 bridgehead atoms. The first-order chi connectivity index (χ1) is 9.34. The van der Waals surface area contributed by atoms with Gasteiger partial charge in [-0.2, -0.15) is 5.06 Å². The zero-order valence-electron chi connectivity index (χ0n) is 11.1. The predicted molar refractivity (Wildman–Crippen MR) is 73.3 cm³/mol. The normalized spacial score (nSPS) is 27.2. The first-order valence-corrected chi connectivity index (χ1v) is 6.96. The van der Waals surface area contributed by atoms with E-state index in [4.69, 9.17) is 4.84 Å². The average molecular weight is 254 g/mol. The number of fused-ring (bicyclic) bond motifs is 3. The van der Waals surface area contributed by atoms with Crippen LogP contribution < -0.4 is 0 Å². The Morgan fingerprint density at radius 1 is 1.16 bits per heavy atom. The molecule has 4 rings (SSSR count). The molecule has 0 spiro atoms. The van der Waals surface area contributed by atoms with Crippen molar-refractivity contribution >= 4 is 0 Å². The lowest BCUT2D eigenvalue weighted by Crippen LogP contribution is -2.26. The van der Waals surface area contributed by atoms with Gasteiger partial charge in [0.05, 0.1) is 18.7 Å². The van der Waals surface area contributed by atoms with Gasteiger partial charge in [0, 0.05) is 24.4 Å². The van der Waals surface area contributed by atoms with E-state index >= 15 is 0 Å². The van der Waals surface area contributed by atoms with Crippen LogP contribution in [-0.2, 0) is 11.4 Å². The van der Waals surface area contributed by atoms with Gasteiger partial charge < -0.3 is 4.57 Å². The maximum Gasteiger partial charge on any atom is 0.0828 e. The summed E-state index contributed by atoms with van der Waals surface area (Å²) in [7, 11) is 0. The highest BCUT2D eigenvalue weighted by molar-refractivity contribution is 5.22. The van der Waals surface area contributed by atoms with Crippen LogP contribution in [0, 0.1) is 5.92 Å². The standard InChI is InChI=1S/C16H18N2O/c1-12(13-6-3-2-4-7-13)18-16-14(11-19-18)10-17-9-5-8-15(16)17/h2-9,12,14,16H,10-11H2,1H3/t12-,14-,16+/m1/s1. The van der Waals surface area contributed by atoms with Crippen LogP contribution in [-0.4, -0.2) is 16.2 Å². The van der Waals surface area contributed by atoms with E-state index in [2.05, 4.69) is 65.2 Å². The topological polar surface area (TPSA) is 17.4 Å². The molecular weight excluding hydrogens is 236 g/mol. The van der Waals surface area contributed by atoms with Gasteiger partial charge in [-0.05, 0) is 24.6 Å². The van der Waals surface area contributed by atoms with Crippen LogP contribution in [0.15, 0.2) is 48.7 Å². The highest BCUT2D eigenvalue weighted by atomic mass is 16.7. The van der Waals surface area contributed by atoms with Crippen LogP contribution in [0.25, 0.3) is 0 Å². The van der Waals surface area contributed by atoms with Crippen LogP contribution in [0.2, 0.25) is 0 Å². The molecule has 3 heteroatoms. The molecule has 2 aromatic rings. The maximum atomic E-state index is 5.98. The molecule has 0 aliphatic carbocycles. The zero-order valence-corrected chi connectivity index (χ0v) is 11.1. The Labute approximate surface area is 113 Å². The molecule has 1 aromatic heterocycles. The summed E-state index contributed by atoms with van der Waals surface area (Å²) in [6.45, 7) is 4.15. The Morgan fingerprint density at radius 3 is 2.84 bits per heavy atom. The molecule has 98 valence electrons. The second-order valence-corrected chi connectivity index (χ2v) is 5.53. The minimum absolute atomic E-state index is 0.289. The lowest BCUT2D eigenvalue weighted by molar-refractivity contribution is -0.162. The summed E-state index contributed by atoms with van der Waals surface area (Å²) in [5.41, 5.74) is 2.71. The summed E-state index contributed by atoms with van der Waals surface area (Å²) < 4.78 is 2.36. The van der Waals surface area contributed by atoms with Gasteiger partial charge in [0.15, 0.2) is 0 Å². The van der Waals surface area contributed by atoms with Crippen molar-refractivity contribution in [1.29, 1.82) is 0 Å². The molecule has 1 saturated heterocycles. The molecular formula is C16H18N2O. The summed E-state index contributed by atoms with van der Waals surface area (Å²) in [6.07, 6.45) is 2.18. The smallest absolute Gasteiger partial charge is 0.0828 e. The maximum absolute atomic E-state index is 5.98. The van der Waals surface area contributed by atoms with Crippen LogP contribution in [0.1, 0.15) is 30.3 Å². The third kappa shape index (κ3) is 1.66. The van der Waals surface area contributed by atoms with Gasteiger partial charge in [0.25, 0.3) is 0 Å². The largest absolute Gasteiger partial charge is 0.349 e. The molecule has 2 aliphatic rings. The van der Waals surface area contributed by atoms with Gasteiger partial charge in [0.2, 0.25) is 0 Å². The van der Waals surface area contributed by atoms with Gasteiger partial charge in [-0.3, -0.25) is 4.84 Å². The fourth-order valence-corrected chi connectivity index (χ4v) is 3.43. The Kier molecular flexibility index (Phi) is 2.50. The molecule has 1 fully saturated rings. The highest BCUT2D eigenvalue weighted by Gasteiger charge is 2.44. The first-order valence-electron chi connectivity index (χ1n) is 6.96. The predicted octanol–water partition coefficient (Wildman–Crippen LogP) is 3.17. The quantitative estimate of drug-likeness (QED) is 0.819. The van der Waals surface area contributed by atoms with Gasteiger partial charge >= 0.3 is 0 Å². The van der Waals surface area contributed by atoms with Crippen LogP contribution in [0.3, 0.4) is 0 Å². The van der Waals surface area contributed by atoms with Gasteiger partial charge in [-0.25, -0.2) is 0 Å². The van der Waals surface area contributed by atoms with Crippen molar-refractivity contribution in [3.63, 3.8) is 0 Å². The number of hydrogen-bond acceptors (Lipinski definition) is 2. The number of benzene rings is 1. The number of rotatable bonds is 2. The molecule has 0 radical (unpaired) electrons. The van der Waals surface area contributed by atoms with Crippen molar-refractivity contribution in [2.75, 3.05) is 6.61 Å². The van der Waals surface area contributed by atoms with Crippen molar-refractivity contribution in [3.8, 4) is 0 Å². The molecule has 0 N–H and O–H groups in total. The van der Waals surface area contributed by atoms with E-state index in [1.165, 1.54) is 11.3 Å². The number of hydrogen-bond donors (Lipinski definition) is 0. The first kappa shape index (κ1) is 11.3. The Hall–Kier alpha value is -1.58. The minimum atomic E-state index is 0.289. The zero-order chi connectivity index (χ0) is 12.8. The Morgan fingerprint density at radius 2 is 2.00 bits per heavy atom. The van der Waals surface area contributed by atoms with Crippen molar-refractivity contribution < 1.29 is 4.84 Å². The lowest BCUT2D eigenvalue weighted by Gasteiger charge is -2.28. The monoisotopic (exact) mass is 254 g/mol. The average Bonchev–Trinajstić information content (AvgIpc) is 3.10. The molecule has 3 heterocycles. The van der Waals surface area contributed by atoms with E-state index in [0.29, 0.717) is 12.0 Å². The van der Waals surface area contributed by atoms with Crippen LogP contribution >= 0.6 is 0 Å². The third-order valence-electron chi connectivity index (χ3n) is 4.42. The van der Waals surface area contributed by atoms with Crippen molar-refractivity contribution in [3.05, 3.63) is 59.9 Å². The summed E-state index contributed by atoms with van der Waals surface area (Å²) in [5.74, 6) is 0.599. The number of nitrogens with zero attached hydrogens (tertiary/aromatic N) is 2. The summed E-state index contributed by atoms with van der Waals surface area (Å²) in [5, 5.41) is 2.19. The summed E-state index contributed by atoms with van der Waals surface area (Å²) >= 11 is 0. The van der Waals surface area contributed by atoms with Crippen LogP contribution in [0.5, 0.6) is 0 Å². The third-order valence-corrected chi connectivity index (χ3v) is 4.42. The van der Waals surface area contributed by atoms with Gasteiger partial charge in [-0.1, -0.05) is 30.3 Å². The molecule has 0 saturated carbocycles. The SMILES string of the molecule is C[C@H](c1ccccc1)N1OC[C@H]2Cn3cccc3[C@H]21. The molecule has 0 amide bonds. The van der Waals surface area contributed by atoms with E-state index in [9.17, 15) is 0 Å². The van der Waals surface area contributed by atoms with Crippen molar-refractivity contribution in [2.45, 2.75) is 25.6 Å². The Balaban J connectivity index is 1.66. The number of aromatic nitrogens is 1. The summed E-state index contributed by atoms with van der Waals surface area (Å²) in [6, 6.07) is 15.7. The van der Waals surface area contributed by atoms with E-state index in [-0.39, 0.29) is 6.04 Å². The molecule has 0 unspecified atom stereocenters.